The average Bonchev–Trinajstić information content (AvgIpc) is 3.57. The zero-order valence-electron chi connectivity index (χ0n) is 23.4. The second-order valence-corrected chi connectivity index (χ2v) is 10.4. The minimum absolute atomic E-state index is 0.177. The van der Waals surface area contributed by atoms with E-state index in [1.807, 2.05) is 31.2 Å². The molecule has 1 aliphatic carbocycles. The fourth-order valence-corrected chi connectivity index (χ4v) is 5.78. The zero-order valence-corrected chi connectivity index (χ0v) is 23.4. The molecule has 1 heterocycles. The number of nitrogens with one attached hydrogen (secondary N) is 1. The second-order valence-electron chi connectivity index (χ2n) is 10.4. The molecule has 9 nitrogen and oxygen atoms in total. The molecule has 9 heteroatoms. The van der Waals surface area contributed by atoms with E-state index in [4.69, 9.17) is 9.47 Å². The fourth-order valence-electron chi connectivity index (χ4n) is 5.78. The Morgan fingerprint density at radius 3 is 2.37 bits per heavy atom. The first-order valence-electron chi connectivity index (χ1n) is 13.6. The van der Waals surface area contributed by atoms with Crippen molar-refractivity contribution >= 4 is 34.9 Å². The number of nitrogens with zero attached hydrogens (tertiary/aromatic N) is 2. The number of carbonyl (C=O) groups is 4. The van der Waals surface area contributed by atoms with Crippen LogP contribution in [0.1, 0.15) is 47.2 Å². The predicted octanol–water partition coefficient (Wildman–Crippen LogP) is 4.52. The predicted molar refractivity (Wildman–Crippen MR) is 154 cm³/mol. The lowest BCUT2D eigenvalue weighted by Gasteiger charge is -2.41. The number of para-hydroxylation sites is 1. The van der Waals surface area contributed by atoms with Gasteiger partial charge >= 0.3 is 0 Å². The van der Waals surface area contributed by atoms with E-state index < -0.39 is 23.1 Å². The van der Waals surface area contributed by atoms with Crippen LogP contribution in [0, 0.1) is 6.92 Å². The van der Waals surface area contributed by atoms with E-state index in [0.717, 1.165) is 24.0 Å². The zero-order chi connectivity index (χ0) is 29.1. The lowest BCUT2D eigenvalue weighted by atomic mass is 9.91. The Balaban J connectivity index is 1.52. The van der Waals surface area contributed by atoms with E-state index in [0.29, 0.717) is 35.7 Å². The smallest absolute Gasteiger partial charge is 0.299 e. The number of methoxy groups -OCH3 is 2. The first-order valence-corrected chi connectivity index (χ1v) is 13.6. The maximum atomic E-state index is 14.2. The van der Waals surface area contributed by atoms with Crippen molar-refractivity contribution in [2.24, 2.45) is 0 Å². The van der Waals surface area contributed by atoms with Crippen molar-refractivity contribution in [2.75, 3.05) is 31.0 Å². The highest BCUT2D eigenvalue weighted by molar-refractivity contribution is 6.52. The molecule has 0 radical (unpaired) electrons. The molecule has 0 unspecified atom stereocenters. The van der Waals surface area contributed by atoms with E-state index in [2.05, 4.69) is 5.32 Å². The van der Waals surface area contributed by atoms with Crippen molar-refractivity contribution < 1.29 is 28.7 Å². The number of ether oxygens (including phenoxy) is 2. The molecule has 1 aliphatic heterocycles. The lowest BCUT2D eigenvalue weighted by Crippen LogP contribution is -2.59. The molecule has 0 spiro atoms. The van der Waals surface area contributed by atoms with E-state index >= 15 is 0 Å². The van der Waals surface area contributed by atoms with Crippen molar-refractivity contribution in [3.05, 3.63) is 83.4 Å². The summed E-state index contributed by atoms with van der Waals surface area (Å²) < 4.78 is 10.8. The van der Waals surface area contributed by atoms with Gasteiger partial charge in [0.25, 0.3) is 11.7 Å². The quantitative estimate of drug-likeness (QED) is 0.389. The van der Waals surface area contributed by atoms with Crippen molar-refractivity contribution in [3.8, 4) is 11.5 Å². The van der Waals surface area contributed by atoms with Crippen molar-refractivity contribution in [2.45, 2.75) is 44.7 Å². The second kappa shape index (κ2) is 11.4. The number of Topliss-reactive ketones (excluding diaryl/α,β-unsaturated/α-hetero) is 1. The molecule has 3 aromatic rings. The van der Waals surface area contributed by atoms with Gasteiger partial charge in [-0.15, -0.1) is 0 Å². The lowest BCUT2D eigenvalue weighted by molar-refractivity contribution is -0.145. The summed E-state index contributed by atoms with van der Waals surface area (Å²) in [7, 11) is 3.06. The van der Waals surface area contributed by atoms with Crippen LogP contribution < -0.4 is 19.7 Å². The summed E-state index contributed by atoms with van der Waals surface area (Å²) in [5.74, 6) is -1.12. The molecule has 3 aromatic carbocycles. The normalized spacial score (nSPS) is 15.4. The van der Waals surface area contributed by atoms with Crippen molar-refractivity contribution in [1.29, 1.82) is 0 Å². The Morgan fingerprint density at radius 2 is 1.66 bits per heavy atom. The molecule has 0 saturated heterocycles. The first kappa shape index (κ1) is 27.9. The Bertz CT molecular complexity index is 1510. The van der Waals surface area contributed by atoms with Crippen LogP contribution in [0.25, 0.3) is 0 Å². The number of benzene rings is 3. The van der Waals surface area contributed by atoms with Gasteiger partial charge < -0.3 is 19.7 Å². The summed E-state index contributed by atoms with van der Waals surface area (Å²) in [5.41, 5.74) is 1.84. The average molecular weight is 556 g/mol. The molecule has 212 valence electrons. The van der Waals surface area contributed by atoms with Gasteiger partial charge in [-0.1, -0.05) is 49.2 Å². The Labute approximate surface area is 239 Å². The summed E-state index contributed by atoms with van der Waals surface area (Å²) in [6.07, 6.45) is 2.43. The molecule has 3 amide bonds. The highest BCUT2D eigenvalue weighted by Gasteiger charge is 2.49. The van der Waals surface area contributed by atoms with Gasteiger partial charge in [0.05, 0.1) is 31.2 Å². The number of amides is 3. The minimum atomic E-state index is -1.17. The largest absolute Gasteiger partial charge is 0.497 e. The highest BCUT2D eigenvalue weighted by Crippen LogP contribution is 2.40. The number of anilines is 2. The monoisotopic (exact) mass is 555 g/mol. The maximum absolute atomic E-state index is 14.2. The summed E-state index contributed by atoms with van der Waals surface area (Å²) in [6.45, 7) is 1.78. The number of aryl methyl sites for hydroxylation is 1. The summed E-state index contributed by atoms with van der Waals surface area (Å²) in [5, 5.41) is 3.01. The van der Waals surface area contributed by atoms with Crippen LogP contribution >= 0.6 is 0 Å². The molecular weight excluding hydrogens is 522 g/mol. The Morgan fingerprint density at radius 1 is 0.951 bits per heavy atom. The third-order valence-electron chi connectivity index (χ3n) is 8.09. The molecule has 2 aliphatic rings. The molecule has 1 fully saturated rings. The van der Waals surface area contributed by atoms with Gasteiger partial charge in [0.1, 0.15) is 23.6 Å². The van der Waals surface area contributed by atoms with E-state index in [1.165, 1.54) is 12.0 Å². The standard InChI is InChI=1S/C32H33N3O6/c1-21-10-4-5-11-22(21)19-35(28(36)20-34-26-13-7-6-12-24(26)29(37)30(34)38)32(16-8-9-17-32)31(39)33-25-15-14-23(40-2)18-27(25)41-3/h4-7,10-15,18H,8-9,16-17,19-20H2,1-3H3,(H,33,39). The number of carbonyl (C=O) groups excluding carboxylic acids is 4. The van der Waals surface area contributed by atoms with Crippen LogP contribution in [0.15, 0.2) is 66.7 Å². The van der Waals surface area contributed by atoms with E-state index in [9.17, 15) is 19.2 Å². The van der Waals surface area contributed by atoms with E-state index in [-0.39, 0.29) is 24.6 Å². The van der Waals surface area contributed by atoms with Crippen LogP contribution in [0.2, 0.25) is 0 Å². The SMILES string of the molecule is COc1ccc(NC(=O)C2(N(Cc3ccccc3C)C(=O)CN3C(=O)C(=O)c4ccccc43)CCCC2)c(OC)c1. The summed E-state index contributed by atoms with van der Waals surface area (Å²) in [4.78, 5) is 56.8. The summed E-state index contributed by atoms with van der Waals surface area (Å²) in [6, 6.07) is 19.5. The molecular formula is C32H33N3O6. The van der Waals surface area contributed by atoms with Gasteiger partial charge in [0.15, 0.2) is 0 Å². The molecule has 1 N–H and O–H groups in total. The van der Waals surface area contributed by atoms with Crippen LogP contribution in [-0.4, -0.2) is 54.7 Å². The van der Waals surface area contributed by atoms with Gasteiger partial charge in [-0.05, 0) is 55.2 Å². The van der Waals surface area contributed by atoms with Crippen LogP contribution in [0.4, 0.5) is 11.4 Å². The van der Waals surface area contributed by atoms with Gasteiger partial charge in [-0.3, -0.25) is 24.1 Å². The number of hydrogen-bond acceptors (Lipinski definition) is 6. The molecule has 1 saturated carbocycles. The molecule has 5 rings (SSSR count). The Hall–Kier alpha value is -4.66. The third-order valence-corrected chi connectivity index (χ3v) is 8.09. The fraction of sp³-hybridized carbons (Fsp3) is 0.312. The van der Waals surface area contributed by atoms with Gasteiger partial charge in [0, 0.05) is 12.6 Å². The van der Waals surface area contributed by atoms with Gasteiger partial charge in [-0.25, -0.2) is 0 Å². The topological polar surface area (TPSA) is 105 Å². The van der Waals surface area contributed by atoms with Gasteiger partial charge in [0.2, 0.25) is 11.8 Å². The molecule has 0 aromatic heterocycles. The van der Waals surface area contributed by atoms with E-state index in [1.54, 1.807) is 54.5 Å². The molecule has 41 heavy (non-hydrogen) atoms. The van der Waals surface area contributed by atoms with Crippen LogP contribution in [0.3, 0.4) is 0 Å². The van der Waals surface area contributed by atoms with Gasteiger partial charge in [-0.2, -0.15) is 0 Å². The van der Waals surface area contributed by atoms with Crippen LogP contribution in [0.5, 0.6) is 11.5 Å². The summed E-state index contributed by atoms with van der Waals surface area (Å²) >= 11 is 0. The number of hydrogen-bond donors (Lipinski definition) is 1. The number of ketones is 1. The first-order chi connectivity index (χ1) is 19.8. The molecule has 0 atom stereocenters. The minimum Gasteiger partial charge on any atom is -0.497 e. The maximum Gasteiger partial charge on any atom is 0.299 e. The molecule has 0 bridgehead atoms. The third kappa shape index (κ3) is 5.15. The Kier molecular flexibility index (Phi) is 7.79. The van der Waals surface area contributed by atoms with Crippen molar-refractivity contribution in [1.82, 2.24) is 4.90 Å². The van der Waals surface area contributed by atoms with Crippen LogP contribution in [-0.2, 0) is 20.9 Å². The highest BCUT2D eigenvalue weighted by atomic mass is 16.5. The van der Waals surface area contributed by atoms with Crippen molar-refractivity contribution in [3.63, 3.8) is 0 Å². The number of rotatable bonds is 9. The number of fused-ring (bicyclic) bond motifs is 1.